The Morgan fingerprint density at radius 3 is 2.20 bits per heavy atom. The van der Waals surface area contributed by atoms with E-state index in [1.807, 2.05) is 71.6 Å². The summed E-state index contributed by atoms with van der Waals surface area (Å²) in [5, 5.41) is 1.85. The number of para-hydroxylation sites is 1. The lowest BCUT2D eigenvalue weighted by Gasteiger charge is -2.37. The van der Waals surface area contributed by atoms with Crippen LogP contribution in [-0.2, 0) is 5.75 Å². The molecule has 232 valence electrons. The number of anilines is 2. The van der Waals surface area contributed by atoms with E-state index in [-0.39, 0.29) is 5.91 Å². The van der Waals surface area contributed by atoms with Crippen molar-refractivity contribution >= 4 is 58.5 Å². The molecule has 7 nitrogen and oxygen atoms in total. The van der Waals surface area contributed by atoms with Crippen LogP contribution in [-0.4, -0.2) is 84.6 Å². The van der Waals surface area contributed by atoms with E-state index in [1.54, 1.807) is 11.8 Å². The van der Waals surface area contributed by atoms with Crippen molar-refractivity contribution in [2.45, 2.75) is 10.9 Å². The van der Waals surface area contributed by atoms with Crippen molar-refractivity contribution in [3.8, 4) is 0 Å². The number of aromatic nitrogens is 2. The van der Waals surface area contributed by atoms with E-state index in [0.717, 1.165) is 86.6 Å². The van der Waals surface area contributed by atoms with E-state index in [0.29, 0.717) is 16.1 Å². The summed E-state index contributed by atoms with van der Waals surface area (Å²) in [6.45, 7) is 7.44. The fourth-order valence-corrected chi connectivity index (χ4v) is 6.90. The zero-order valence-electron chi connectivity index (χ0n) is 25.1. The van der Waals surface area contributed by atoms with E-state index >= 15 is 0 Å². The van der Waals surface area contributed by atoms with Gasteiger partial charge in [-0.25, -0.2) is 9.97 Å². The third-order valence-corrected chi connectivity index (χ3v) is 9.59. The Morgan fingerprint density at radius 1 is 0.778 bits per heavy atom. The van der Waals surface area contributed by atoms with Crippen LogP contribution in [0, 0.1) is 0 Å². The van der Waals surface area contributed by atoms with Gasteiger partial charge in [-0.1, -0.05) is 102 Å². The van der Waals surface area contributed by atoms with Gasteiger partial charge in [-0.15, -0.1) is 0 Å². The average molecular weight is 660 g/mol. The van der Waals surface area contributed by atoms with E-state index in [9.17, 15) is 4.79 Å². The predicted octanol–water partition coefficient (Wildman–Crippen LogP) is 6.87. The van der Waals surface area contributed by atoms with E-state index in [4.69, 9.17) is 28.2 Å². The molecular weight excluding hydrogens is 623 g/mol. The predicted molar refractivity (Wildman–Crippen MR) is 187 cm³/mol. The molecule has 0 radical (unpaired) electrons. The number of thioether (sulfide) groups is 1. The van der Waals surface area contributed by atoms with Crippen molar-refractivity contribution in [1.82, 2.24) is 19.8 Å². The minimum absolute atomic E-state index is 0.0890. The van der Waals surface area contributed by atoms with Crippen LogP contribution in [0.25, 0.3) is 6.08 Å². The van der Waals surface area contributed by atoms with Crippen LogP contribution in [0.3, 0.4) is 0 Å². The summed E-state index contributed by atoms with van der Waals surface area (Å²) < 4.78 is 0. The summed E-state index contributed by atoms with van der Waals surface area (Å²) in [6, 6.07) is 28.0. The highest BCUT2D eigenvalue weighted by Gasteiger charge is 2.23. The molecule has 2 aliphatic rings. The largest absolute Gasteiger partial charge is 0.367 e. The first-order chi connectivity index (χ1) is 22.0. The molecule has 3 heterocycles. The molecule has 2 fully saturated rings. The van der Waals surface area contributed by atoms with Crippen molar-refractivity contribution in [3.05, 3.63) is 118 Å². The Balaban J connectivity index is 0.974. The van der Waals surface area contributed by atoms with Crippen molar-refractivity contribution in [3.63, 3.8) is 0 Å². The molecule has 10 heteroatoms. The SMILES string of the molecule is O=C(c1ccc(CSc2nc(Cl)cc(N3CCN(c4ccccc4Cl)CC3)n2)cc1)N1CCN(C/C=C/c2ccccc2)CC1. The number of hydrogen-bond acceptors (Lipinski definition) is 7. The van der Waals surface area contributed by atoms with Gasteiger partial charge in [-0.05, 0) is 35.4 Å². The second-order valence-electron chi connectivity index (χ2n) is 11.1. The molecule has 1 amide bonds. The van der Waals surface area contributed by atoms with Gasteiger partial charge in [0.2, 0.25) is 0 Å². The van der Waals surface area contributed by atoms with Crippen molar-refractivity contribution in [2.24, 2.45) is 0 Å². The third-order valence-electron chi connectivity index (χ3n) is 8.16. The topological polar surface area (TPSA) is 55.8 Å². The highest BCUT2D eigenvalue weighted by atomic mass is 35.5. The van der Waals surface area contributed by atoms with Gasteiger partial charge in [0.25, 0.3) is 5.91 Å². The number of amides is 1. The minimum Gasteiger partial charge on any atom is -0.367 e. The Labute approximate surface area is 279 Å². The van der Waals surface area contributed by atoms with E-state index in [1.165, 1.54) is 5.56 Å². The summed E-state index contributed by atoms with van der Waals surface area (Å²) >= 11 is 14.4. The quantitative estimate of drug-likeness (QED) is 0.110. The van der Waals surface area contributed by atoms with Crippen LogP contribution >= 0.6 is 35.0 Å². The number of carbonyl (C=O) groups excluding carboxylic acids is 1. The van der Waals surface area contributed by atoms with Crippen molar-refractivity contribution in [2.75, 3.05) is 68.7 Å². The van der Waals surface area contributed by atoms with Gasteiger partial charge >= 0.3 is 0 Å². The average Bonchev–Trinajstić information content (AvgIpc) is 3.08. The van der Waals surface area contributed by atoms with Gasteiger partial charge in [0.1, 0.15) is 11.0 Å². The van der Waals surface area contributed by atoms with Gasteiger partial charge in [0.15, 0.2) is 5.16 Å². The van der Waals surface area contributed by atoms with E-state index < -0.39 is 0 Å². The second-order valence-corrected chi connectivity index (χ2v) is 12.9. The van der Waals surface area contributed by atoms with E-state index in [2.05, 4.69) is 50.0 Å². The fraction of sp³-hybridized carbons (Fsp3) is 0.286. The van der Waals surface area contributed by atoms with Gasteiger partial charge < -0.3 is 14.7 Å². The molecule has 0 atom stereocenters. The zero-order chi connectivity index (χ0) is 31.0. The van der Waals surface area contributed by atoms with Gasteiger partial charge in [-0.2, -0.15) is 0 Å². The Bertz CT molecular complexity index is 1600. The molecule has 0 aliphatic carbocycles. The normalized spacial score (nSPS) is 16.0. The van der Waals surface area contributed by atoms with Crippen molar-refractivity contribution in [1.29, 1.82) is 0 Å². The molecule has 0 bridgehead atoms. The van der Waals surface area contributed by atoms with Gasteiger partial charge in [-0.3, -0.25) is 9.69 Å². The molecule has 0 unspecified atom stereocenters. The first-order valence-electron chi connectivity index (χ1n) is 15.3. The molecule has 2 aliphatic heterocycles. The maximum Gasteiger partial charge on any atom is 0.253 e. The number of halogens is 2. The number of rotatable bonds is 9. The van der Waals surface area contributed by atoms with Gasteiger partial charge in [0, 0.05) is 76.3 Å². The smallest absolute Gasteiger partial charge is 0.253 e. The number of benzene rings is 3. The number of carbonyl (C=O) groups is 1. The molecule has 0 N–H and O–H groups in total. The molecule has 1 aromatic heterocycles. The Morgan fingerprint density at radius 2 is 1.47 bits per heavy atom. The number of nitrogens with zero attached hydrogens (tertiary/aromatic N) is 6. The van der Waals surface area contributed by atoms with Crippen molar-refractivity contribution < 1.29 is 4.79 Å². The highest BCUT2D eigenvalue weighted by molar-refractivity contribution is 7.98. The zero-order valence-corrected chi connectivity index (χ0v) is 27.4. The van der Waals surface area contributed by atoms with Crippen LogP contribution in [0.2, 0.25) is 10.2 Å². The highest BCUT2D eigenvalue weighted by Crippen LogP contribution is 2.29. The summed E-state index contributed by atoms with van der Waals surface area (Å²) in [7, 11) is 0. The molecule has 2 saturated heterocycles. The Hall–Kier alpha value is -3.56. The first kappa shape index (κ1) is 31.4. The maximum absolute atomic E-state index is 13.2. The van der Waals surface area contributed by atoms with Crippen LogP contribution in [0.5, 0.6) is 0 Å². The van der Waals surface area contributed by atoms with Gasteiger partial charge in [0.05, 0.1) is 10.7 Å². The molecule has 6 rings (SSSR count). The summed E-state index contributed by atoms with van der Waals surface area (Å²) in [5.41, 5.74) is 4.09. The Kier molecular flexibility index (Phi) is 10.6. The number of piperazine rings is 2. The number of hydrogen-bond donors (Lipinski definition) is 0. The lowest BCUT2D eigenvalue weighted by molar-refractivity contribution is 0.0650. The van der Waals surface area contributed by atoms with Crippen LogP contribution in [0.4, 0.5) is 11.5 Å². The summed E-state index contributed by atoms with van der Waals surface area (Å²) in [5.74, 6) is 1.61. The molecule has 4 aromatic rings. The second kappa shape index (κ2) is 15.1. The fourth-order valence-electron chi connectivity index (χ4n) is 5.61. The van der Waals surface area contributed by atoms with Crippen LogP contribution in [0.15, 0.2) is 96.2 Å². The summed E-state index contributed by atoms with van der Waals surface area (Å²) in [6.07, 6.45) is 4.35. The lowest BCUT2D eigenvalue weighted by atomic mass is 10.1. The third kappa shape index (κ3) is 8.38. The lowest BCUT2D eigenvalue weighted by Crippen LogP contribution is -2.48. The maximum atomic E-state index is 13.2. The molecule has 0 saturated carbocycles. The first-order valence-corrected chi connectivity index (χ1v) is 17.0. The minimum atomic E-state index is 0.0890. The monoisotopic (exact) mass is 658 g/mol. The van der Waals surface area contributed by atoms with Crippen LogP contribution in [0.1, 0.15) is 21.5 Å². The molecular formula is C35H36Cl2N6OS. The molecule has 0 spiro atoms. The standard InChI is InChI=1S/C35H36Cl2N6OS/c36-30-10-4-5-11-31(30)41-21-23-42(24-22-41)33-25-32(37)38-35(39-33)45-26-28-12-14-29(15-13-28)34(44)43-19-17-40(18-20-43)16-6-9-27-7-2-1-3-8-27/h1-15,25H,16-24,26H2/b9-6+. The van der Waals surface area contributed by atoms with Crippen LogP contribution < -0.4 is 9.80 Å². The molecule has 45 heavy (non-hydrogen) atoms. The molecule has 3 aromatic carbocycles. The summed E-state index contributed by atoms with van der Waals surface area (Å²) in [4.78, 5) is 31.3.